The molecular weight excluding hydrogens is 570 g/mol. The van der Waals surface area contributed by atoms with Crippen molar-refractivity contribution in [3.05, 3.63) is 48.6 Å². The molecular formula is C37H67NO5S. The molecule has 0 bridgehead atoms. The number of hydrogen-bond acceptors (Lipinski definition) is 4. The van der Waals surface area contributed by atoms with Crippen LogP contribution in [0.1, 0.15) is 162 Å². The van der Waals surface area contributed by atoms with E-state index in [9.17, 15) is 22.9 Å². The van der Waals surface area contributed by atoms with Crippen molar-refractivity contribution in [1.82, 2.24) is 5.32 Å². The topological polar surface area (TPSA) is 104 Å². The molecule has 6 nitrogen and oxygen atoms in total. The summed E-state index contributed by atoms with van der Waals surface area (Å²) in [5.74, 6) is -1.02. The van der Waals surface area contributed by atoms with Crippen molar-refractivity contribution in [2.75, 3.05) is 5.75 Å². The molecule has 0 aliphatic heterocycles. The van der Waals surface area contributed by atoms with Crippen LogP contribution in [-0.2, 0) is 14.9 Å². The number of carbonyl (C=O) groups is 1. The van der Waals surface area contributed by atoms with Gasteiger partial charge in [0, 0.05) is 6.42 Å². The maximum absolute atomic E-state index is 12.4. The Morgan fingerprint density at radius 1 is 0.591 bits per heavy atom. The van der Waals surface area contributed by atoms with Crippen LogP contribution in [0.3, 0.4) is 0 Å². The fourth-order valence-electron chi connectivity index (χ4n) is 5.00. The van der Waals surface area contributed by atoms with E-state index in [2.05, 4.69) is 55.6 Å². The number of aliphatic hydroxyl groups excluding tert-OH is 1. The quantitative estimate of drug-likeness (QED) is 0.0399. The summed E-state index contributed by atoms with van der Waals surface area (Å²) >= 11 is 0. The second-order valence-electron chi connectivity index (χ2n) is 12.1. The number of hydrogen-bond donors (Lipinski definition) is 3. The standard InChI is InChI=1S/C37H67NO5S/c1-3-5-7-9-11-13-15-17-19-20-22-24-26-28-30-32-36(39)35(34-44(41,42)43)38-37(40)33-31-29-27-25-23-21-18-16-14-12-10-8-6-4-2/h15-18,22,24,30,32,35-36,39H,3-14,19-21,23,25-29,31,33-34H2,1-2H3,(H,38,40)(H,41,42,43)/b17-15+,18-16-,24-22+,32-30+. The van der Waals surface area contributed by atoms with Gasteiger partial charge >= 0.3 is 0 Å². The van der Waals surface area contributed by atoms with Crippen LogP contribution in [0.4, 0.5) is 0 Å². The number of allylic oxidation sites excluding steroid dienone is 7. The van der Waals surface area contributed by atoms with E-state index in [1.807, 2.05) is 0 Å². The monoisotopic (exact) mass is 637 g/mol. The van der Waals surface area contributed by atoms with Crippen LogP contribution in [0, 0.1) is 0 Å². The fourth-order valence-corrected chi connectivity index (χ4v) is 5.74. The lowest BCUT2D eigenvalue weighted by Crippen LogP contribution is -2.46. The van der Waals surface area contributed by atoms with Crippen LogP contribution < -0.4 is 5.32 Å². The summed E-state index contributed by atoms with van der Waals surface area (Å²) in [7, 11) is -4.35. The molecule has 7 heteroatoms. The van der Waals surface area contributed by atoms with E-state index in [1.165, 1.54) is 76.7 Å². The Balaban J connectivity index is 4.12. The highest BCUT2D eigenvalue weighted by Gasteiger charge is 2.24. The highest BCUT2D eigenvalue weighted by molar-refractivity contribution is 7.85. The molecule has 256 valence electrons. The predicted molar refractivity (Wildman–Crippen MR) is 188 cm³/mol. The van der Waals surface area contributed by atoms with Gasteiger partial charge in [-0.3, -0.25) is 9.35 Å². The van der Waals surface area contributed by atoms with E-state index in [-0.39, 0.29) is 12.3 Å². The number of carbonyl (C=O) groups excluding carboxylic acids is 1. The Hall–Kier alpha value is -1.70. The molecule has 0 aromatic rings. The summed E-state index contributed by atoms with van der Waals surface area (Å²) in [5, 5.41) is 13.1. The third-order valence-electron chi connectivity index (χ3n) is 7.71. The van der Waals surface area contributed by atoms with Gasteiger partial charge in [0.1, 0.15) is 0 Å². The van der Waals surface area contributed by atoms with E-state index in [1.54, 1.807) is 6.08 Å². The molecule has 0 aliphatic rings. The highest BCUT2D eigenvalue weighted by atomic mass is 32.2. The average Bonchev–Trinajstić information content (AvgIpc) is 2.98. The second kappa shape index (κ2) is 31.3. The maximum atomic E-state index is 12.4. The molecule has 0 heterocycles. The Morgan fingerprint density at radius 3 is 1.43 bits per heavy atom. The van der Waals surface area contributed by atoms with Crippen molar-refractivity contribution in [1.29, 1.82) is 0 Å². The minimum Gasteiger partial charge on any atom is -0.387 e. The molecule has 0 aromatic carbocycles. The molecule has 2 atom stereocenters. The van der Waals surface area contributed by atoms with Gasteiger partial charge in [-0.2, -0.15) is 8.42 Å². The lowest BCUT2D eigenvalue weighted by atomic mass is 10.1. The molecule has 1 amide bonds. The fraction of sp³-hybridized carbons (Fsp3) is 0.757. The van der Waals surface area contributed by atoms with Crippen molar-refractivity contribution >= 4 is 16.0 Å². The van der Waals surface area contributed by atoms with Gasteiger partial charge in [0.2, 0.25) is 5.91 Å². The zero-order valence-electron chi connectivity index (χ0n) is 28.3. The molecule has 3 N–H and O–H groups in total. The van der Waals surface area contributed by atoms with Crippen LogP contribution in [0.25, 0.3) is 0 Å². The van der Waals surface area contributed by atoms with E-state index < -0.39 is 28.0 Å². The van der Waals surface area contributed by atoms with Crippen molar-refractivity contribution in [2.24, 2.45) is 0 Å². The molecule has 44 heavy (non-hydrogen) atoms. The minimum absolute atomic E-state index is 0.273. The third-order valence-corrected chi connectivity index (χ3v) is 8.49. The van der Waals surface area contributed by atoms with Gasteiger partial charge in [0.05, 0.1) is 17.9 Å². The van der Waals surface area contributed by atoms with Gasteiger partial charge in [-0.1, -0.05) is 133 Å². The first kappa shape index (κ1) is 42.3. The van der Waals surface area contributed by atoms with E-state index in [0.717, 1.165) is 57.8 Å². The van der Waals surface area contributed by atoms with Gasteiger partial charge in [0.25, 0.3) is 10.1 Å². The Bertz CT molecular complexity index is 878. The smallest absolute Gasteiger partial charge is 0.267 e. The van der Waals surface area contributed by atoms with Gasteiger partial charge in [-0.25, -0.2) is 0 Å². The normalized spacial score (nSPS) is 14.0. The molecule has 0 fully saturated rings. The lowest BCUT2D eigenvalue weighted by molar-refractivity contribution is -0.122. The molecule has 0 rings (SSSR count). The summed E-state index contributed by atoms with van der Waals surface area (Å²) in [5.41, 5.74) is 0. The second-order valence-corrected chi connectivity index (χ2v) is 13.6. The summed E-state index contributed by atoms with van der Waals surface area (Å²) in [6.45, 7) is 4.47. The first-order valence-electron chi connectivity index (χ1n) is 17.8. The molecule has 2 unspecified atom stereocenters. The predicted octanol–water partition coefficient (Wildman–Crippen LogP) is 9.96. The van der Waals surface area contributed by atoms with Crippen LogP contribution >= 0.6 is 0 Å². The third kappa shape index (κ3) is 31.7. The molecule has 0 aliphatic carbocycles. The van der Waals surface area contributed by atoms with Crippen molar-refractivity contribution in [3.8, 4) is 0 Å². The van der Waals surface area contributed by atoms with E-state index in [0.29, 0.717) is 12.8 Å². The van der Waals surface area contributed by atoms with Crippen LogP contribution in [0.15, 0.2) is 48.6 Å². The molecule has 0 saturated heterocycles. The number of rotatable bonds is 31. The summed E-state index contributed by atoms with van der Waals surface area (Å²) in [6.07, 6.45) is 40.9. The number of aliphatic hydroxyl groups is 1. The molecule has 0 radical (unpaired) electrons. The Morgan fingerprint density at radius 2 is 0.977 bits per heavy atom. The SMILES string of the molecule is CCCCCCC/C=C\CCCCCCCC(=O)NC(CS(=O)(=O)O)C(O)/C=C/CC/C=C/CC/C=C/CCCCCCC. The molecule has 0 spiro atoms. The lowest BCUT2D eigenvalue weighted by Gasteiger charge is -2.21. The van der Waals surface area contributed by atoms with E-state index in [4.69, 9.17) is 0 Å². The highest BCUT2D eigenvalue weighted by Crippen LogP contribution is 2.11. The van der Waals surface area contributed by atoms with Crippen LogP contribution in [0.2, 0.25) is 0 Å². The maximum Gasteiger partial charge on any atom is 0.267 e. The first-order valence-corrected chi connectivity index (χ1v) is 19.4. The number of amides is 1. The number of unbranched alkanes of at least 4 members (excludes halogenated alkanes) is 17. The number of nitrogens with one attached hydrogen (secondary N) is 1. The minimum atomic E-state index is -4.35. The van der Waals surface area contributed by atoms with Gasteiger partial charge in [0.15, 0.2) is 0 Å². The zero-order chi connectivity index (χ0) is 32.6. The van der Waals surface area contributed by atoms with Crippen molar-refractivity contribution < 1.29 is 22.9 Å². The van der Waals surface area contributed by atoms with Gasteiger partial charge < -0.3 is 10.4 Å². The molecule has 0 saturated carbocycles. The van der Waals surface area contributed by atoms with Gasteiger partial charge in [-0.15, -0.1) is 0 Å². The van der Waals surface area contributed by atoms with Crippen molar-refractivity contribution in [2.45, 2.75) is 174 Å². The largest absolute Gasteiger partial charge is 0.387 e. The van der Waals surface area contributed by atoms with Crippen molar-refractivity contribution in [3.63, 3.8) is 0 Å². The van der Waals surface area contributed by atoms with E-state index >= 15 is 0 Å². The molecule has 0 aromatic heterocycles. The Kier molecular flexibility index (Phi) is 30.1. The first-order chi connectivity index (χ1) is 21.3. The van der Waals surface area contributed by atoms with Crippen LogP contribution in [-0.4, -0.2) is 41.9 Å². The van der Waals surface area contributed by atoms with Crippen LogP contribution in [0.5, 0.6) is 0 Å². The Labute approximate surface area is 271 Å². The average molecular weight is 638 g/mol. The summed E-state index contributed by atoms with van der Waals surface area (Å²) < 4.78 is 32.3. The zero-order valence-corrected chi connectivity index (χ0v) is 29.1. The summed E-state index contributed by atoms with van der Waals surface area (Å²) in [4.78, 5) is 12.4. The van der Waals surface area contributed by atoms with Gasteiger partial charge in [-0.05, 0) is 70.6 Å². The summed E-state index contributed by atoms with van der Waals surface area (Å²) in [6, 6.07) is -1.08.